The standard InChI is InChI=1S/C16H24ClN3O2/c17-15-3-1-14(2-4-15)13-19-16(21)5-6-18-7-8-20-9-11-22-12-10-20/h1-4,18H,5-13H2,(H,19,21). The summed E-state index contributed by atoms with van der Waals surface area (Å²) < 4.78 is 5.31. The Morgan fingerprint density at radius 1 is 1.18 bits per heavy atom. The lowest BCUT2D eigenvalue weighted by Crippen LogP contribution is -2.40. The van der Waals surface area contributed by atoms with E-state index in [4.69, 9.17) is 16.3 Å². The largest absolute Gasteiger partial charge is 0.379 e. The molecule has 0 bridgehead atoms. The molecule has 122 valence electrons. The van der Waals surface area contributed by atoms with Gasteiger partial charge in [-0.15, -0.1) is 0 Å². The van der Waals surface area contributed by atoms with Gasteiger partial charge in [0.05, 0.1) is 13.2 Å². The summed E-state index contributed by atoms with van der Waals surface area (Å²) in [5.41, 5.74) is 1.05. The zero-order valence-corrected chi connectivity index (χ0v) is 13.6. The molecule has 0 radical (unpaired) electrons. The maximum atomic E-state index is 11.7. The molecule has 1 aliphatic heterocycles. The third-order valence-corrected chi connectivity index (χ3v) is 3.89. The van der Waals surface area contributed by atoms with Crippen LogP contribution in [0.4, 0.5) is 0 Å². The van der Waals surface area contributed by atoms with Crippen LogP contribution < -0.4 is 10.6 Å². The second-order valence-corrected chi connectivity index (χ2v) is 5.79. The Hall–Kier alpha value is -1.14. The number of rotatable bonds is 8. The molecule has 1 saturated heterocycles. The molecule has 1 aromatic carbocycles. The van der Waals surface area contributed by atoms with Gasteiger partial charge in [-0.3, -0.25) is 9.69 Å². The summed E-state index contributed by atoms with van der Waals surface area (Å²) in [6, 6.07) is 7.50. The highest BCUT2D eigenvalue weighted by Crippen LogP contribution is 2.09. The van der Waals surface area contributed by atoms with Crippen LogP contribution in [-0.2, 0) is 16.1 Å². The smallest absolute Gasteiger partial charge is 0.221 e. The quantitative estimate of drug-likeness (QED) is 0.707. The molecule has 22 heavy (non-hydrogen) atoms. The normalized spacial score (nSPS) is 15.7. The Bertz CT molecular complexity index is 447. The van der Waals surface area contributed by atoms with Crippen LogP contribution in [0.5, 0.6) is 0 Å². The van der Waals surface area contributed by atoms with Crippen LogP contribution in [0.3, 0.4) is 0 Å². The molecule has 1 aliphatic rings. The minimum absolute atomic E-state index is 0.0637. The van der Waals surface area contributed by atoms with Gasteiger partial charge in [-0.2, -0.15) is 0 Å². The van der Waals surface area contributed by atoms with Crippen LogP contribution in [0.2, 0.25) is 5.02 Å². The van der Waals surface area contributed by atoms with Gasteiger partial charge in [-0.25, -0.2) is 0 Å². The van der Waals surface area contributed by atoms with Crippen LogP contribution in [0.25, 0.3) is 0 Å². The van der Waals surface area contributed by atoms with E-state index in [0.717, 1.165) is 45.0 Å². The fourth-order valence-electron chi connectivity index (χ4n) is 2.28. The average molecular weight is 326 g/mol. The summed E-state index contributed by atoms with van der Waals surface area (Å²) in [5, 5.41) is 6.93. The number of amides is 1. The number of nitrogens with zero attached hydrogens (tertiary/aromatic N) is 1. The topological polar surface area (TPSA) is 53.6 Å². The summed E-state index contributed by atoms with van der Waals surface area (Å²) in [6.45, 7) is 6.83. The molecule has 1 aromatic rings. The highest BCUT2D eigenvalue weighted by molar-refractivity contribution is 6.30. The van der Waals surface area contributed by atoms with E-state index in [1.54, 1.807) is 0 Å². The molecule has 1 amide bonds. The molecule has 6 heteroatoms. The van der Waals surface area contributed by atoms with Gasteiger partial charge in [0.25, 0.3) is 0 Å². The number of nitrogens with one attached hydrogen (secondary N) is 2. The maximum absolute atomic E-state index is 11.7. The van der Waals surface area contributed by atoms with E-state index in [9.17, 15) is 4.79 Å². The summed E-state index contributed by atoms with van der Waals surface area (Å²) in [7, 11) is 0. The summed E-state index contributed by atoms with van der Waals surface area (Å²) in [6.07, 6.45) is 0.497. The van der Waals surface area contributed by atoms with Crippen molar-refractivity contribution >= 4 is 17.5 Å². The van der Waals surface area contributed by atoms with Crippen molar-refractivity contribution in [1.29, 1.82) is 0 Å². The molecule has 0 atom stereocenters. The molecule has 0 aromatic heterocycles. The lowest BCUT2D eigenvalue weighted by Gasteiger charge is -2.26. The second-order valence-electron chi connectivity index (χ2n) is 5.36. The Balaban J connectivity index is 1.49. The zero-order valence-electron chi connectivity index (χ0n) is 12.8. The Morgan fingerprint density at radius 3 is 2.64 bits per heavy atom. The van der Waals surface area contributed by atoms with Gasteiger partial charge in [0.15, 0.2) is 0 Å². The first-order valence-electron chi connectivity index (χ1n) is 7.76. The third kappa shape index (κ3) is 6.75. The first-order valence-corrected chi connectivity index (χ1v) is 8.14. The summed E-state index contributed by atoms with van der Waals surface area (Å²) >= 11 is 5.82. The molecular formula is C16H24ClN3O2. The molecule has 5 nitrogen and oxygen atoms in total. The van der Waals surface area contributed by atoms with Crippen molar-refractivity contribution in [2.45, 2.75) is 13.0 Å². The highest BCUT2D eigenvalue weighted by Gasteiger charge is 2.09. The fourth-order valence-corrected chi connectivity index (χ4v) is 2.41. The van der Waals surface area contributed by atoms with Crippen molar-refractivity contribution < 1.29 is 9.53 Å². The van der Waals surface area contributed by atoms with Crippen molar-refractivity contribution in [3.05, 3.63) is 34.9 Å². The van der Waals surface area contributed by atoms with E-state index in [-0.39, 0.29) is 5.91 Å². The predicted molar refractivity (Wildman–Crippen MR) is 88.0 cm³/mol. The number of hydrogen-bond donors (Lipinski definition) is 2. The molecule has 1 heterocycles. The second kappa shape index (κ2) is 9.79. The van der Waals surface area contributed by atoms with Crippen molar-refractivity contribution in [3.8, 4) is 0 Å². The van der Waals surface area contributed by atoms with E-state index in [1.165, 1.54) is 0 Å². The lowest BCUT2D eigenvalue weighted by molar-refractivity contribution is -0.121. The molecule has 0 saturated carbocycles. The van der Waals surface area contributed by atoms with Crippen molar-refractivity contribution in [2.75, 3.05) is 45.9 Å². The van der Waals surface area contributed by atoms with E-state index in [2.05, 4.69) is 15.5 Å². The predicted octanol–water partition coefficient (Wildman–Crippen LogP) is 1.27. The highest BCUT2D eigenvalue weighted by atomic mass is 35.5. The number of halogens is 1. The van der Waals surface area contributed by atoms with Gasteiger partial charge < -0.3 is 15.4 Å². The fraction of sp³-hybridized carbons (Fsp3) is 0.562. The number of hydrogen-bond acceptors (Lipinski definition) is 4. The Kier molecular flexibility index (Phi) is 7.66. The van der Waals surface area contributed by atoms with Gasteiger partial charge >= 0.3 is 0 Å². The SMILES string of the molecule is O=C(CCNCCN1CCOCC1)NCc1ccc(Cl)cc1. The van der Waals surface area contributed by atoms with Gasteiger partial charge in [0, 0.05) is 50.7 Å². The van der Waals surface area contributed by atoms with Crippen LogP contribution in [0.1, 0.15) is 12.0 Å². The zero-order chi connectivity index (χ0) is 15.6. The third-order valence-electron chi connectivity index (χ3n) is 3.64. The molecule has 2 N–H and O–H groups in total. The van der Waals surface area contributed by atoms with Crippen molar-refractivity contribution in [1.82, 2.24) is 15.5 Å². The molecule has 0 unspecified atom stereocenters. The van der Waals surface area contributed by atoms with Gasteiger partial charge in [0.1, 0.15) is 0 Å². The van der Waals surface area contributed by atoms with Crippen molar-refractivity contribution in [2.24, 2.45) is 0 Å². The van der Waals surface area contributed by atoms with E-state index < -0.39 is 0 Å². The van der Waals surface area contributed by atoms with Gasteiger partial charge in [-0.1, -0.05) is 23.7 Å². The summed E-state index contributed by atoms with van der Waals surface area (Å²) in [5.74, 6) is 0.0637. The molecule has 0 aliphatic carbocycles. The van der Waals surface area contributed by atoms with Crippen LogP contribution in [0.15, 0.2) is 24.3 Å². The van der Waals surface area contributed by atoms with Gasteiger partial charge in [0.2, 0.25) is 5.91 Å². The van der Waals surface area contributed by atoms with E-state index in [1.807, 2.05) is 24.3 Å². The maximum Gasteiger partial charge on any atom is 0.221 e. The minimum atomic E-state index is 0.0637. The first-order chi connectivity index (χ1) is 10.7. The monoisotopic (exact) mass is 325 g/mol. The Labute approximate surface area is 137 Å². The molecule has 2 rings (SSSR count). The van der Waals surface area contributed by atoms with Crippen molar-refractivity contribution in [3.63, 3.8) is 0 Å². The van der Waals surface area contributed by atoms with E-state index in [0.29, 0.717) is 24.5 Å². The van der Waals surface area contributed by atoms with E-state index >= 15 is 0 Å². The first kappa shape index (κ1) is 17.2. The number of carbonyl (C=O) groups is 1. The minimum Gasteiger partial charge on any atom is -0.379 e. The van der Waals surface area contributed by atoms with Gasteiger partial charge in [-0.05, 0) is 17.7 Å². The average Bonchev–Trinajstić information content (AvgIpc) is 2.55. The lowest BCUT2D eigenvalue weighted by atomic mass is 10.2. The van der Waals surface area contributed by atoms with Crippen LogP contribution in [-0.4, -0.2) is 56.7 Å². The number of morpholine rings is 1. The summed E-state index contributed by atoms with van der Waals surface area (Å²) in [4.78, 5) is 14.1. The molecule has 1 fully saturated rings. The molecule has 0 spiro atoms. The number of benzene rings is 1. The number of carbonyl (C=O) groups excluding carboxylic acids is 1. The Morgan fingerprint density at radius 2 is 1.91 bits per heavy atom. The van der Waals surface area contributed by atoms with Crippen LogP contribution in [0, 0.1) is 0 Å². The number of ether oxygens (including phenoxy) is 1. The molecular weight excluding hydrogens is 302 g/mol. The van der Waals surface area contributed by atoms with Crippen LogP contribution >= 0.6 is 11.6 Å².